The molecular weight excluding hydrogens is 336 g/mol. The standard InChI is InChI=1S/C15H15BrN2O3/c16-10-1-2-11-12(9-10)17-13-3-4-15(20-7-8-21-15)5-6-18(13)14(11)19/h1-2,9H,3-8H2. The third-order valence-corrected chi connectivity index (χ3v) is 4.75. The largest absolute Gasteiger partial charge is 0.347 e. The zero-order valence-electron chi connectivity index (χ0n) is 11.5. The molecule has 2 aliphatic heterocycles. The van der Waals surface area contributed by atoms with Crippen LogP contribution in [0.4, 0.5) is 0 Å². The molecule has 0 atom stereocenters. The van der Waals surface area contributed by atoms with E-state index in [1.807, 2.05) is 18.2 Å². The molecule has 0 amide bonds. The van der Waals surface area contributed by atoms with Crippen LogP contribution in [0.5, 0.6) is 0 Å². The van der Waals surface area contributed by atoms with Gasteiger partial charge in [0.05, 0.1) is 24.1 Å². The van der Waals surface area contributed by atoms with E-state index in [-0.39, 0.29) is 5.56 Å². The molecule has 0 aliphatic carbocycles. The van der Waals surface area contributed by atoms with Crippen LogP contribution in [0.1, 0.15) is 18.7 Å². The normalized spacial score (nSPS) is 20.6. The minimum absolute atomic E-state index is 0.0255. The van der Waals surface area contributed by atoms with Crippen LogP contribution in [0.2, 0.25) is 0 Å². The van der Waals surface area contributed by atoms with Gasteiger partial charge in [0.25, 0.3) is 5.56 Å². The summed E-state index contributed by atoms with van der Waals surface area (Å²) in [5.74, 6) is 0.300. The van der Waals surface area contributed by atoms with Crippen LogP contribution < -0.4 is 5.56 Å². The van der Waals surface area contributed by atoms with Crippen molar-refractivity contribution in [2.75, 3.05) is 13.2 Å². The lowest BCUT2D eigenvalue weighted by Crippen LogP contribution is -2.31. The van der Waals surface area contributed by atoms with Crippen molar-refractivity contribution in [3.63, 3.8) is 0 Å². The SMILES string of the molecule is O=c1c2ccc(Br)cc2nc2n1CCC1(CC2)OCCO1. The Hall–Kier alpha value is -1.24. The molecule has 2 aliphatic rings. The Kier molecular flexibility index (Phi) is 3.13. The molecule has 21 heavy (non-hydrogen) atoms. The smallest absolute Gasteiger partial charge is 0.261 e. The number of aryl methyl sites for hydroxylation is 1. The van der Waals surface area contributed by atoms with Gasteiger partial charge < -0.3 is 9.47 Å². The highest BCUT2D eigenvalue weighted by Crippen LogP contribution is 2.31. The van der Waals surface area contributed by atoms with Gasteiger partial charge in [-0.3, -0.25) is 9.36 Å². The summed E-state index contributed by atoms with van der Waals surface area (Å²) in [7, 11) is 0. The van der Waals surface area contributed by atoms with Gasteiger partial charge in [-0.2, -0.15) is 0 Å². The van der Waals surface area contributed by atoms with Gasteiger partial charge in [-0.25, -0.2) is 4.98 Å². The molecule has 110 valence electrons. The topological polar surface area (TPSA) is 53.4 Å². The number of nitrogens with zero attached hydrogens (tertiary/aromatic N) is 2. The molecule has 6 heteroatoms. The Morgan fingerprint density at radius 3 is 2.86 bits per heavy atom. The van der Waals surface area contributed by atoms with Crippen LogP contribution in [-0.4, -0.2) is 28.6 Å². The Labute approximate surface area is 130 Å². The number of fused-ring (bicyclic) bond motifs is 2. The van der Waals surface area contributed by atoms with Crippen molar-refractivity contribution in [2.24, 2.45) is 0 Å². The lowest BCUT2D eigenvalue weighted by atomic mass is 10.1. The van der Waals surface area contributed by atoms with E-state index in [9.17, 15) is 4.79 Å². The first kappa shape index (κ1) is 13.4. The third-order valence-electron chi connectivity index (χ3n) is 4.26. The van der Waals surface area contributed by atoms with Gasteiger partial charge in [0, 0.05) is 30.3 Å². The third kappa shape index (κ3) is 2.22. The maximum Gasteiger partial charge on any atom is 0.261 e. The summed E-state index contributed by atoms with van der Waals surface area (Å²) in [6.45, 7) is 1.86. The molecular formula is C15H15BrN2O3. The molecule has 0 saturated carbocycles. The lowest BCUT2D eigenvalue weighted by Gasteiger charge is -2.24. The van der Waals surface area contributed by atoms with Crippen molar-refractivity contribution < 1.29 is 9.47 Å². The van der Waals surface area contributed by atoms with Crippen molar-refractivity contribution in [2.45, 2.75) is 31.6 Å². The van der Waals surface area contributed by atoms with Gasteiger partial charge in [0.2, 0.25) is 0 Å². The fourth-order valence-electron chi connectivity index (χ4n) is 3.16. The van der Waals surface area contributed by atoms with Gasteiger partial charge in [0.1, 0.15) is 5.82 Å². The maximum atomic E-state index is 12.7. The van der Waals surface area contributed by atoms with Crippen LogP contribution in [0, 0.1) is 0 Å². The van der Waals surface area contributed by atoms with Crippen LogP contribution >= 0.6 is 15.9 Å². The molecule has 1 saturated heterocycles. The summed E-state index contributed by atoms with van der Waals surface area (Å²) in [5.41, 5.74) is 0.766. The Bertz CT molecular complexity index is 765. The fraction of sp³-hybridized carbons (Fsp3) is 0.467. The second-order valence-electron chi connectivity index (χ2n) is 5.50. The molecule has 3 heterocycles. The maximum absolute atomic E-state index is 12.7. The summed E-state index contributed by atoms with van der Waals surface area (Å²) in [6, 6.07) is 5.59. The van der Waals surface area contributed by atoms with Crippen LogP contribution in [0.15, 0.2) is 27.5 Å². The molecule has 1 aromatic heterocycles. The zero-order valence-corrected chi connectivity index (χ0v) is 13.1. The van der Waals surface area contributed by atoms with Crippen LogP contribution in [0.25, 0.3) is 10.9 Å². The number of hydrogen-bond acceptors (Lipinski definition) is 4. The van der Waals surface area contributed by atoms with E-state index in [0.717, 1.165) is 22.2 Å². The van der Waals surface area contributed by atoms with E-state index in [4.69, 9.17) is 9.47 Å². The van der Waals surface area contributed by atoms with Crippen molar-refractivity contribution in [3.05, 3.63) is 38.9 Å². The van der Waals surface area contributed by atoms with E-state index in [0.29, 0.717) is 38.0 Å². The first-order chi connectivity index (χ1) is 10.2. The predicted molar refractivity (Wildman–Crippen MR) is 81.3 cm³/mol. The monoisotopic (exact) mass is 350 g/mol. The quantitative estimate of drug-likeness (QED) is 0.731. The van der Waals surface area contributed by atoms with Gasteiger partial charge in [0.15, 0.2) is 5.79 Å². The highest BCUT2D eigenvalue weighted by Gasteiger charge is 2.38. The van der Waals surface area contributed by atoms with Gasteiger partial charge in [-0.15, -0.1) is 0 Å². The van der Waals surface area contributed by atoms with Gasteiger partial charge >= 0.3 is 0 Å². The molecule has 1 spiro atoms. The first-order valence-electron chi connectivity index (χ1n) is 7.14. The van der Waals surface area contributed by atoms with Gasteiger partial charge in [-0.1, -0.05) is 15.9 Å². The molecule has 4 rings (SSSR count). The fourth-order valence-corrected chi connectivity index (χ4v) is 3.51. The number of rotatable bonds is 0. The van der Waals surface area contributed by atoms with Crippen molar-refractivity contribution in [1.82, 2.24) is 9.55 Å². The molecule has 0 bridgehead atoms. The zero-order chi connectivity index (χ0) is 14.4. The molecule has 1 fully saturated rings. The Balaban J connectivity index is 1.82. The Morgan fingerprint density at radius 1 is 1.24 bits per heavy atom. The average Bonchev–Trinajstić information content (AvgIpc) is 2.85. The predicted octanol–water partition coefficient (Wildman–Crippen LogP) is 2.24. The number of benzene rings is 1. The molecule has 5 nitrogen and oxygen atoms in total. The van der Waals surface area contributed by atoms with Crippen molar-refractivity contribution >= 4 is 26.8 Å². The number of aromatic nitrogens is 2. The molecule has 0 unspecified atom stereocenters. The second kappa shape index (κ2) is 4.90. The first-order valence-corrected chi connectivity index (χ1v) is 7.93. The number of ether oxygens (including phenoxy) is 2. The molecule has 0 radical (unpaired) electrons. The van der Waals surface area contributed by atoms with E-state index < -0.39 is 5.79 Å². The van der Waals surface area contributed by atoms with Crippen LogP contribution in [-0.2, 0) is 22.4 Å². The minimum Gasteiger partial charge on any atom is -0.347 e. The second-order valence-corrected chi connectivity index (χ2v) is 6.42. The van der Waals surface area contributed by atoms with Crippen molar-refractivity contribution in [3.8, 4) is 0 Å². The highest BCUT2D eigenvalue weighted by atomic mass is 79.9. The summed E-state index contributed by atoms with van der Waals surface area (Å²) in [6.07, 6.45) is 2.14. The number of hydrogen-bond donors (Lipinski definition) is 0. The Morgan fingerprint density at radius 2 is 2.05 bits per heavy atom. The lowest BCUT2D eigenvalue weighted by molar-refractivity contribution is -0.165. The summed E-state index contributed by atoms with van der Waals surface area (Å²) in [5, 5.41) is 0.658. The average molecular weight is 351 g/mol. The summed E-state index contributed by atoms with van der Waals surface area (Å²) < 4.78 is 14.3. The molecule has 2 aromatic rings. The number of halogens is 1. The molecule has 1 aromatic carbocycles. The van der Waals surface area contributed by atoms with E-state index in [1.54, 1.807) is 4.57 Å². The summed E-state index contributed by atoms with van der Waals surface area (Å²) in [4.78, 5) is 17.3. The van der Waals surface area contributed by atoms with Crippen molar-refractivity contribution in [1.29, 1.82) is 0 Å². The van der Waals surface area contributed by atoms with Gasteiger partial charge in [-0.05, 0) is 18.2 Å². The van der Waals surface area contributed by atoms with E-state index in [1.165, 1.54) is 0 Å². The minimum atomic E-state index is -0.521. The van der Waals surface area contributed by atoms with E-state index in [2.05, 4.69) is 20.9 Å². The van der Waals surface area contributed by atoms with E-state index >= 15 is 0 Å². The van der Waals surface area contributed by atoms with Crippen LogP contribution in [0.3, 0.4) is 0 Å². The summed E-state index contributed by atoms with van der Waals surface area (Å²) >= 11 is 3.43. The highest BCUT2D eigenvalue weighted by molar-refractivity contribution is 9.10. The molecule has 0 N–H and O–H groups in total.